The third kappa shape index (κ3) is 3.97. The lowest BCUT2D eigenvalue weighted by atomic mass is 9.96. The van der Waals surface area contributed by atoms with Crippen molar-refractivity contribution in [3.8, 4) is 23.0 Å². The summed E-state index contributed by atoms with van der Waals surface area (Å²) in [7, 11) is 1.85. The number of carbonyl (C=O) groups is 1. The Balaban J connectivity index is 1.43. The van der Waals surface area contributed by atoms with Crippen molar-refractivity contribution in [1.29, 1.82) is 0 Å². The van der Waals surface area contributed by atoms with Crippen LogP contribution < -0.4 is 14.8 Å². The monoisotopic (exact) mass is 419 g/mol. The number of pyridine rings is 2. The molecule has 8 heteroatoms. The van der Waals surface area contributed by atoms with Crippen molar-refractivity contribution in [1.82, 2.24) is 19.7 Å². The number of rotatable bonds is 5. The highest BCUT2D eigenvalue weighted by Crippen LogP contribution is 2.38. The molecule has 0 aromatic carbocycles. The summed E-state index contributed by atoms with van der Waals surface area (Å²) in [4.78, 5) is 22.3. The van der Waals surface area contributed by atoms with Crippen molar-refractivity contribution >= 4 is 11.7 Å². The van der Waals surface area contributed by atoms with Crippen LogP contribution in [0.1, 0.15) is 49.0 Å². The first-order valence-electron chi connectivity index (χ1n) is 10.5. The van der Waals surface area contributed by atoms with Gasteiger partial charge in [0.15, 0.2) is 0 Å². The van der Waals surface area contributed by atoms with Gasteiger partial charge >= 0.3 is 0 Å². The minimum Gasteiger partial charge on any atom is -0.474 e. The van der Waals surface area contributed by atoms with Gasteiger partial charge in [-0.15, -0.1) is 0 Å². The van der Waals surface area contributed by atoms with E-state index >= 15 is 0 Å². The topological polar surface area (TPSA) is 91.2 Å². The van der Waals surface area contributed by atoms with E-state index in [2.05, 4.69) is 20.4 Å². The number of aryl methyl sites for hydroxylation is 1. The highest BCUT2D eigenvalue weighted by Gasteiger charge is 2.34. The number of fused-ring (bicyclic) bond motifs is 1. The number of aromatic nitrogens is 4. The Labute approximate surface area is 180 Å². The van der Waals surface area contributed by atoms with Crippen LogP contribution >= 0.6 is 0 Å². The van der Waals surface area contributed by atoms with E-state index in [9.17, 15) is 4.79 Å². The number of carbonyl (C=O) groups excluding carboxylic acids is 1. The lowest BCUT2D eigenvalue weighted by Gasteiger charge is -2.26. The molecule has 1 aliphatic carbocycles. The molecule has 0 unspecified atom stereocenters. The fraction of sp³-hybridized carbons (Fsp3) is 0.391. The van der Waals surface area contributed by atoms with E-state index in [1.54, 1.807) is 16.9 Å². The van der Waals surface area contributed by atoms with Crippen LogP contribution in [-0.4, -0.2) is 37.4 Å². The summed E-state index contributed by atoms with van der Waals surface area (Å²) >= 11 is 0. The van der Waals surface area contributed by atoms with Crippen LogP contribution in [0.25, 0.3) is 11.3 Å². The third-order valence-electron chi connectivity index (χ3n) is 5.58. The molecule has 1 fully saturated rings. The smallest absolute Gasteiger partial charge is 0.262 e. The number of anilines is 1. The van der Waals surface area contributed by atoms with Gasteiger partial charge in [-0.25, -0.2) is 4.98 Å². The Hall–Kier alpha value is -3.42. The number of hydrogen-bond donors (Lipinski definition) is 1. The molecule has 0 spiro atoms. The molecule has 0 atom stereocenters. The van der Waals surface area contributed by atoms with E-state index in [-0.39, 0.29) is 17.6 Å². The molecule has 0 radical (unpaired) electrons. The van der Waals surface area contributed by atoms with E-state index in [1.165, 1.54) is 0 Å². The predicted molar refractivity (Wildman–Crippen MR) is 115 cm³/mol. The Bertz CT molecular complexity index is 1150. The Kier molecular flexibility index (Phi) is 4.64. The maximum absolute atomic E-state index is 13.2. The fourth-order valence-corrected chi connectivity index (χ4v) is 3.79. The summed E-state index contributed by atoms with van der Waals surface area (Å²) in [6.45, 7) is 4.02. The number of nitrogens with one attached hydrogen (secondary N) is 1. The van der Waals surface area contributed by atoms with Gasteiger partial charge in [0.1, 0.15) is 23.1 Å². The molecule has 8 nitrogen and oxygen atoms in total. The van der Waals surface area contributed by atoms with Gasteiger partial charge in [-0.05, 0) is 51.3 Å². The SMILES string of the molecule is Cn1cc(-c2cccc(NC(=O)c3cc4c(nc3OC3CCC3)OC(C)(C)C4)n2)cn1. The second-order valence-corrected chi connectivity index (χ2v) is 8.78. The largest absolute Gasteiger partial charge is 0.474 e. The normalized spacial score (nSPS) is 16.9. The lowest BCUT2D eigenvalue weighted by Crippen LogP contribution is -2.27. The van der Waals surface area contributed by atoms with Crippen LogP contribution in [-0.2, 0) is 13.5 Å². The van der Waals surface area contributed by atoms with E-state index in [1.807, 2.05) is 45.3 Å². The Morgan fingerprint density at radius 1 is 1.29 bits per heavy atom. The third-order valence-corrected chi connectivity index (χ3v) is 5.58. The van der Waals surface area contributed by atoms with Crippen LogP contribution in [0.4, 0.5) is 5.82 Å². The molecule has 5 rings (SSSR count). The van der Waals surface area contributed by atoms with E-state index < -0.39 is 0 Å². The van der Waals surface area contributed by atoms with Crippen molar-refractivity contribution in [2.24, 2.45) is 7.05 Å². The Morgan fingerprint density at radius 2 is 2.13 bits per heavy atom. The lowest BCUT2D eigenvalue weighted by molar-refractivity contribution is 0.0968. The minimum atomic E-state index is -0.349. The molecule has 1 N–H and O–H groups in total. The molecule has 1 aliphatic heterocycles. The van der Waals surface area contributed by atoms with Crippen molar-refractivity contribution in [3.05, 3.63) is 47.8 Å². The molecular formula is C23H25N5O3. The van der Waals surface area contributed by atoms with Gasteiger partial charge in [-0.3, -0.25) is 9.48 Å². The van der Waals surface area contributed by atoms with Crippen LogP contribution in [0.2, 0.25) is 0 Å². The first kappa shape index (κ1) is 19.5. The maximum Gasteiger partial charge on any atom is 0.262 e. The zero-order valence-electron chi connectivity index (χ0n) is 17.9. The van der Waals surface area contributed by atoms with Crippen molar-refractivity contribution in [3.63, 3.8) is 0 Å². The molecule has 0 bridgehead atoms. The van der Waals surface area contributed by atoms with Gasteiger partial charge in [0.2, 0.25) is 11.8 Å². The fourth-order valence-electron chi connectivity index (χ4n) is 3.79. The Morgan fingerprint density at radius 3 is 2.84 bits per heavy atom. The number of nitrogens with zero attached hydrogens (tertiary/aromatic N) is 4. The van der Waals surface area contributed by atoms with Gasteiger partial charge in [0.25, 0.3) is 5.91 Å². The zero-order valence-corrected chi connectivity index (χ0v) is 17.9. The second-order valence-electron chi connectivity index (χ2n) is 8.78. The number of hydrogen-bond acceptors (Lipinski definition) is 6. The predicted octanol–water partition coefficient (Wildman–Crippen LogP) is 3.77. The summed E-state index contributed by atoms with van der Waals surface area (Å²) in [6, 6.07) is 7.34. The molecular weight excluding hydrogens is 394 g/mol. The van der Waals surface area contributed by atoms with Crippen LogP contribution in [0, 0.1) is 0 Å². The van der Waals surface area contributed by atoms with Gasteiger partial charge < -0.3 is 14.8 Å². The quantitative estimate of drug-likeness (QED) is 0.677. The van der Waals surface area contributed by atoms with Crippen molar-refractivity contribution in [2.45, 2.75) is 51.2 Å². The van der Waals surface area contributed by atoms with Gasteiger partial charge in [-0.2, -0.15) is 10.1 Å². The van der Waals surface area contributed by atoms with E-state index in [0.29, 0.717) is 29.6 Å². The molecule has 31 heavy (non-hydrogen) atoms. The molecule has 3 aromatic rings. The summed E-state index contributed by atoms with van der Waals surface area (Å²) in [5, 5.41) is 7.08. The zero-order chi connectivity index (χ0) is 21.6. The van der Waals surface area contributed by atoms with Crippen molar-refractivity contribution in [2.75, 3.05) is 5.32 Å². The first-order valence-corrected chi connectivity index (χ1v) is 10.5. The molecule has 1 amide bonds. The highest BCUT2D eigenvalue weighted by molar-refractivity contribution is 6.05. The van der Waals surface area contributed by atoms with Gasteiger partial charge in [0.05, 0.1) is 11.9 Å². The van der Waals surface area contributed by atoms with Gasteiger partial charge in [0, 0.05) is 30.8 Å². The molecule has 2 aliphatic rings. The molecule has 0 saturated heterocycles. The summed E-state index contributed by atoms with van der Waals surface area (Å²) in [5.74, 6) is 1.03. The van der Waals surface area contributed by atoms with E-state index in [0.717, 1.165) is 36.1 Å². The summed E-state index contributed by atoms with van der Waals surface area (Å²) in [5.41, 5.74) is 2.58. The average molecular weight is 419 g/mol. The summed E-state index contributed by atoms with van der Waals surface area (Å²) < 4.78 is 13.7. The maximum atomic E-state index is 13.2. The molecule has 160 valence electrons. The average Bonchev–Trinajstić information content (AvgIpc) is 3.25. The number of ether oxygens (including phenoxy) is 2. The molecule has 4 heterocycles. The van der Waals surface area contributed by atoms with Crippen LogP contribution in [0.15, 0.2) is 36.7 Å². The molecule has 1 saturated carbocycles. The van der Waals surface area contributed by atoms with Gasteiger partial charge in [-0.1, -0.05) is 6.07 Å². The number of amides is 1. The first-order chi connectivity index (χ1) is 14.9. The van der Waals surface area contributed by atoms with E-state index in [4.69, 9.17) is 9.47 Å². The summed E-state index contributed by atoms with van der Waals surface area (Å²) in [6.07, 6.45) is 7.48. The van der Waals surface area contributed by atoms with Crippen LogP contribution in [0.3, 0.4) is 0 Å². The van der Waals surface area contributed by atoms with Crippen LogP contribution in [0.5, 0.6) is 11.8 Å². The minimum absolute atomic E-state index is 0.0959. The highest BCUT2D eigenvalue weighted by atomic mass is 16.5. The standard InChI is InChI=1S/C23H25N5O3/c1-23(2)11-14-10-17(22(27-21(14)31-23)30-16-6-4-7-16)20(29)26-19-9-5-8-18(25-19)15-12-24-28(3)13-15/h5,8-10,12-13,16H,4,6-7,11H2,1-3H3,(H,25,26,29). The second kappa shape index (κ2) is 7.37. The molecule has 3 aromatic heterocycles. The van der Waals surface area contributed by atoms with Crippen molar-refractivity contribution < 1.29 is 14.3 Å².